The fourth-order valence-electron chi connectivity index (χ4n) is 2.26. The Hall–Kier alpha value is -1.78. The van der Waals surface area contributed by atoms with Gasteiger partial charge in [0.1, 0.15) is 5.82 Å². The number of nitrogens with zero attached hydrogens (tertiary/aromatic N) is 2. The standard InChI is InChI=1S/C16H25FN4/c1-12-10-15(12)20-16(18-2)19-8-5-9-21(3)14-7-4-6-13(17)11-14/h4,6-7,11-12,15H,5,8-10H2,1-3H3,(H2,18,19,20). The zero-order valence-corrected chi connectivity index (χ0v) is 13.1. The van der Waals surface area contributed by atoms with E-state index in [4.69, 9.17) is 0 Å². The average Bonchev–Trinajstić information content (AvgIpc) is 3.17. The highest BCUT2D eigenvalue weighted by Crippen LogP contribution is 2.28. The van der Waals surface area contributed by atoms with Gasteiger partial charge in [0, 0.05) is 38.9 Å². The summed E-state index contributed by atoms with van der Waals surface area (Å²) in [6.07, 6.45) is 2.19. The molecule has 0 bridgehead atoms. The molecule has 116 valence electrons. The van der Waals surface area contributed by atoms with Crippen molar-refractivity contribution < 1.29 is 4.39 Å². The number of halogens is 1. The molecule has 1 aliphatic rings. The van der Waals surface area contributed by atoms with Crippen molar-refractivity contribution in [3.05, 3.63) is 30.1 Å². The van der Waals surface area contributed by atoms with Crippen LogP contribution in [-0.4, -0.2) is 39.2 Å². The SMILES string of the molecule is CN=C(NCCCN(C)c1cccc(F)c1)NC1CC1C. The second-order valence-corrected chi connectivity index (χ2v) is 5.72. The largest absolute Gasteiger partial charge is 0.374 e. The highest BCUT2D eigenvalue weighted by Gasteiger charge is 2.33. The summed E-state index contributed by atoms with van der Waals surface area (Å²) < 4.78 is 13.2. The van der Waals surface area contributed by atoms with Crippen LogP contribution in [0.2, 0.25) is 0 Å². The van der Waals surface area contributed by atoms with E-state index in [0.717, 1.165) is 37.1 Å². The normalized spacial score (nSPS) is 21.0. The molecule has 0 amide bonds. The van der Waals surface area contributed by atoms with E-state index < -0.39 is 0 Å². The van der Waals surface area contributed by atoms with Gasteiger partial charge >= 0.3 is 0 Å². The van der Waals surface area contributed by atoms with E-state index in [-0.39, 0.29) is 5.82 Å². The third-order valence-electron chi connectivity index (χ3n) is 3.87. The van der Waals surface area contributed by atoms with Gasteiger partial charge in [0.2, 0.25) is 0 Å². The molecule has 0 radical (unpaired) electrons. The number of benzene rings is 1. The van der Waals surface area contributed by atoms with Gasteiger partial charge in [-0.25, -0.2) is 4.39 Å². The Kier molecular flexibility index (Phi) is 5.42. The van der Waals surface area contributed by atoms with Crippen LogP contribution < -0.4 is 15.5 Å². The van der Waals surface area contributed by atoms with Crippen molar-refractivity contribution in [2.75, 3.05) is 32.1 Å². The number of rotatable bonds is 6. The molecule has 1 saturated carbocycles. The fourth-order valence-corrected chi connectivity index (χ4v) is 2.26. The minimum Gasteiger partial charge on any atom is -0.374 e. The van der Waals surface area contributed by atoms with Crippen molar-refractivity contribution >= 4 is 11.6 Å². The Morgan fingerprint density at radius 2 is 2.24 bits per heavy atom. The fraction of sp³-hybridized carbons (Fsp3) is 0.562. The third kappa shape index (κ3) is 4.92. The van der Waals surface area contributed by atoms with E-state index in [1.807, 2.05) is 13.1 Å². The number of nitrogens with one attached hydrogen (secondary N) is 2. The zero-order valence-electron chi connectivity index (χ0n) is 13.1. The van der Waals surface area contributed by atoms with E-state index in [2.05, 4.69) is 27.4 Å². The van der Waals surface area contributed by atoms with Crippen LogP contribution in [0.4, 0.5) is 10.1 Å². The van der Waals surface area contributed by atoms with Crippen molar-refractivity contribution in [3.8, 4) is 0 Å². The molecular weight excluding hydrogens is 267 g/mol. The molecule has 4 nitrogen and oxygen atoms in total. The molecule has 2 rings (SSSR count). The zero-order chi connectivity index (χ0) is 15.2. The molecule has 21 heavy (non-hydrogen) atoms. The summed E-state index contributed by atoms with van der Waals surface area (Å²) in [5.41, 5.74) is 0.907. The van der Waals surface area contributed by atoms with Gasteiger partial charge in [-0.3, -0.25) is 4.99 Å². The van der Waals surface area contributed by atoms with Crippen molar-refractivity contribution in [2.45, 2.75) is 25.8 Å². The molecule has 1 fully saturated rings. The van der Waals surface area contributed by atoms with Crippen molar-refractivity contribution in [2.24, 2.45) is 10.9 Å². The number of hydrogen-bond acceptors (Lipinski definition) is 2. The molecule has 2 N–H and O–H groups in total. The van der Waals surface area contributed by atoms with Gasteiger partial charge < -0.3 is 15.5 Å². The predicted molar refractivity (Wildman–Crippen MR) is 86.4 cm³/mol. The molecule has 2 atom stereocenters. The van der Waals surface area contributed by atoms with Crippen LogP contribution in [0.3, 0.4) is 0 Å². The number of anilines is 1. The van der Waals surface area contributed by atoms with Gasteiger partial charge in [-0.1, -0.05) is 13.0 Å². The highest BCUT2D eigenvalue weighted by molar-refractivity contribution is 5.80. The molecule has 1 aromatic rings. The van der Waals surface area contributed by atoms with Gasteiger partial charge in [-0.2, -0.15) is 0 Å². The third-order valence-corrected chi connectivity index (χ3v) is 3.87. The number of guanidine groups is 1. The second kappa shape index (κ2) is 7.29. The van der Waals surface area contributed by atoms with E-state index >= 15 is 0 Å². The van der Waals surface area contributed by atoms with Crippen molar-refractivity contribution in [3.63, 3.8) is 0 Å². The van der Waals surface area contributed by atoms with Crippen molar-refractivity contribution in [1.29, 1.82) is 0 Å². The van der Waals surface area contributed by atoms with Gasteiger partial charge in [0.15, 0.2) is 5.96 Å². The molecule has 1 aliphatic carbocycles. The summed E-state index contributed by atoms with van der Waals surface area (Å²) in [6.45, 7) is 3.95. The van der Waals surface area contributed by atoms with Gasteiger partial charge in [-0.05, 0) is 37.0 Å². The maximum Gasteiger partial charge on any atom is 0.191 e. The van der Waals surface area contributed by atoms with Crippen LogP contribution >= 0.6 is 0 Å². The first-order chi connectivity index (χ1) is 10.1. The molecule has 0 spiro atoms. The lowest BCUT2D eigenvalue weighted by Crippen LogP contribution is -2.40. The Balaban J connectivity index is 1.66. The summed E-state index contributed by atoms with van der Waals surface area (Å²) in [7, 11) is 3.77. The van der Waals surface area contributed by atoms with Gasteiger partial charge in [0.05, 0.1) is 0 Å². The molecule has 0 aromatic heterocycles. The summed E-state index contributed by atoms with van der Waals surface area (Å²) in [4.78, 5) is 6.28. The monoisotopic (exact) mass is 292 g/mol. The molecule has 0 saturated heterocycles. The average molecular weight is 292 g/mol. The minimum absolute atomic E-state index is 0.194. The maximum atomic E-state index is 13.2. The molecule has 0 heterocycles. The topological polar surface area (TPSA) is 39.7 Å². The summed E-state index contributed by atoms with van der Waals surface area (Å²) in [5.74, 6) is 1.43. The van der Waals surface area contributed by atoms with Crippen LogP contribution in [0, 0.1) is 11.7 Å². The number of aliphatic imine (C=N–C) groups is 1. The van der Waals surface area contributed by atoms with Crippen LogP contribution in [0.1, 0.15) is 19.8 Å². The quantitative estimate of drug-likeness (QED) is 0.480. The lowest BCUT2D eigenvalue weighted by atomic mass is 10.2. The minimum atomic E-state index is -0.194. The first kappa shape index (κ1) is 15.6. The Morgan fingerprint density at radius 1 is 1.48 bits per heavy atom. The van der Waals surface area contributed by atoms with Crippen LogP contribution in [0.5, 0.6) is 0 Å². The number of hydrogen-bond donors (Lipinski definition) is 2. The van der Waals surface area contributed by atoms with Crippen molar-refractivity contribution in [1.82, 2.24) is 10.6 Å². The van der Waals surface area contributed by atoms with E-state index in [9.17, 15) is 4.39 Å². The van der Waals surface area contributed by atoms with Gasteiger partial charge in [0.25, 0.3) is 0 Å². The van der Waals surface area contributed by atoms with Gasteiger partial charge in [-0.15, -0.1) is 0 Å². The Labute approximate surface area is 126 Å². The molecule has 0 aliphatic heterocycles. The summed E-state index contributed by atoms with van der Waals surface area (Å²) in [5, 5.41) is 6.71. The summed E-state index contributed by atoms with van der Waals surface area (Å²) in [6, 6.07) is 7.26. The first-order valence-corrected chi connectivity index (χ1v) is 7.54. The molecule has 1 aromatic carbocycles. The summed E-state index contributed by atoms with van der Waals surface area (Å²) >= 11 is 0. The lowest BCUT2D eigenvalue weighted by molar-refractivity contribution is 0.626. The predicted octanol–water partition coefficient (Wildman–Crippen LogP) is 2.23. The van der Waals surface area contributed by atoms with Crippen LogP contribution in [-0.2, 0) is 0 Å². The lowest BCUT2D eigenvalue weighted by Gasteiger charge is -2.19. The maximum absolute atomic E-state index is 13.2. The van der Waals surface area contributed by atoms with E-state index in [1.165, 1.54) is 12.5 Å². The second-order valence-electron chi connectivity index (χ2n) is 5.72. The van der Waals surface area contributed by atoms with Crippen LogP contribution in [0.15, 0.2) is 29.3 Å². The Morgan fingerprint density at radius 3 is 2.86 bits per heavy atom. The molecule has 5 heteroatoms. The smallest absolute Gasteiger partial charge is 0.191 e. The van der Waals surface area contributed by atoms with E-state index in [0.29, 0.717) is 6.04 Å². The van der Waals surface area contributed by atoms with Crippen LogP contribution in [0.25, 0.3) is 0 Å². The first-order valence-electron chi connectivity index (χ1n) is 7.54. The Bertz CT molecular complexity index is 489. The highest BCUT2D eigenvalue weighted by atomic mass is 19.1. The molecular formula is C16H25FN4. The molecule has 2 unspecified atom stereocenters. The van der Waals surface area contributed by atoms with E-state index in [1.54, 1.807) is 19.2 Å².